The van der Waals surface area contributed by atoms with Crippen LogP contribution in [0.15, 0.2) is 12.1 Å². The highest BCUT2D eigenvalue weighted by Gasteiger charge is 2.17. The van der Waals surface area contributed by atoms with Gasteiger partial charge in [-0.1, -0.05) is 0 Å². The summed E-state index contributed by atoms with van der Waals surface area (Å²) in [7, 11) is -1.64. The average Bonchev–Trinajstić information content (AvgIpc) is 2.27. The van der Waals surface area contributed by atoms with Crippen LogP contribution in [0.25, 0.3) is 0 Å². The van der Waals surface area contributed by atoms with E-state index in [2.05, 4.69) is 4.98 Å². The van der Waals surface area contributed by atoms with E-state index in [1.165, 1.54) is 7.11 Å². The number of nitrogens with zero attached hydrogens (tertiary/aromatic N) is 1. The second-order valence-electron chi connectivity index (χ2n) is 3.88. The van der Waals surface area contributed by atoms with Crippen LogP contribution in [0.4, 0.5) is 0 Å². The molecule has 1 aromatic heterocycles. The van der Waals surface area contributed by atoms with E-state index in [4.69, 9.17) is 15.2 Å². The summed E-state index contributed by atoms with van der Waals surface area (Å²) in [6.07, 6.45) is 1.14. The molecule has 1 rings (SSSR count). The molecule has 0 aliphatic rings. The standard InChI is InChI=1S/C11H18N2O4S/c1-4-17-11-10(16-2)6-5-9(13-11)8(12)7-18(3,14)15/h5-6,8H,4,7,12H2,1-3H3/t8-/m0/s1. The minimum absolute atomic E-state index is 0.155. The van der Waals surface area contributed by atoms with Crippen molar-refractivity contribution >= 4 is 9.84 Å². The van der Waals surface area contributed by atoms with Crippen molar-refractivity contribution in [1.82, 2.24) is 4.98 Å². The van der Waals surface area contributed by atoms with Gasteiger partial charge in [-0.3, -0.25) is 0 Å². The van der Waals surface area contributed by atoms with E-state index >= 15 is 0 Å². The smallest absolute Gasteiger partial charge is 0.257 e. The van der Waals surface area contributed by atoms with Gasteiger partial charge in [-0.2, -0.15) is 0 Å². The Hall–Kier alpha value is -1.34. The molecule has 0 aliphatic heterocycles. The maximum absolute atomic E-state index is 11.2. The third kappa shape index (κ3) is 4.15. The molecule has 1 atom stereocenters. The van der Waals surface area contributed by atoms with Crippen LogP contribution in [0.2, 0.25) is 0 Å². The number of hydrogen-bond acceptors (Lipinski definition) is 6. The van der Waals surface area contributed by atoms with Gasteiger partial charge in [0.25, 0.3) is 5.88 Å². The Kier molecular flexibility index (Phi) is 4.92. The van der Waals surface area contributed by atoms with Gasteiger partial charge in [0, 0.05) is 6.26 Å². The number of hydrogen-bond donors (Lipinski definition) is 1. The van der Waals surface area contributed by atoms with Crippen LogP contribution in [0.1, 0.15) is 18.7 Å². The molecule has 1 heterocycles. The maximum Gasteiger partial charge on any atom is 0.257 e. The van der Waals surface area contributed by atoms with Crippen molar-refractivity contribution < 1.29 is 17.9 Å². The molecule has 0 aromatic carbocycles. The van der Waals surface area contributed by atoms with E-state index in [9.17, 15) is 8.42 Å². The Morgan fingerprint density at radius 3 is 2.61 bits per heavy atom. The van der Waals surface area contributed by atoms with Crippen molar-refractivity contribution in [3.63, 3.8) is 0 Å². The first-order chi connectivity index (χ1) is 8.37. The molecule has 102 valence electrons. The number of aromatic nitrogens is 1. The van der Waals surface area contributed by atoms with E-state index in [1.807, 2.05) is 6.92 Å². The van der Waals surface area contributed by atoms with E-state index in [1.54, 1.807) is 12.1 Å². The van der Waals surface area contributed by atoms with Gasteiger partial charge in [-0.15, -0.1) is 0 Å². The highest BCUT2D eigenvalue weighted by Crippen LogP contribution is 2.26. The van der Waals surface area contributed by atoms with Crippen LogP contribution in [0.5, 0.6) is 11.6 Å². The summed E-state index contributed by atoms with van der Waals surface area (Å²) in [4.78, 5) is 4.18. The minimum atomic E-state index is -3.15. The summed E-state index contributed by atoms with van der Waals surface area (Å²) in [6, 6.07) is 2.62. The topological polar surface area (TPSA) is 91.5 Å². The molecule has 0 aliphatic carbocycles. The molecule has 0 bridgehead atoms. The molecule has 0 radical (unpaired) electrons. The fraction of sp³-hybridized carbons (Fsp3) is 0.545. The lowest BCUT2D eigenvalue weighted by molar-refractivity contribution is 0.297. The Morgan fingerprint density at radius 2 is 2.11 bits per heavy atom. The zero-order valence-electron chi connectivity index (χ0n) is 10.7. The minimum Gasteiger partial charge on any atom is -0.491 e. The first kappa shape index (κ1) is 14.7. The first-order valence-electron chi connectivity index (χ1n) is 5.48. The Labute approximate surface area is 107 Å². The van der Waals surface area contributed by atoms with E-state index in [0.29, 0.717) is 23.9 Å². The van der Waals surface area contributed by atoms with Crippen molar-refractivity contribution in [1.29, 1.82) is 0 Å². The molecule has 0 amide bonds. The normalized spacial score (nSPS) is 13.1. The van der Waals surface area contributed by atoms with Crippen molar-refractivity contribution in [2.24, 2.45) is 5.73 Å². The molecule has 18 heavy (non-hydrogen) atoms. The summed E-state index contributed by atoms with van der Waals surface area (Å²) >= 11 is 0. The van der Waals surface area contributed by atoms with Gasteiger partial charge in [0.15, 0.2) is 5.75 Å². The Balaban J connectivity index is 3.00. The van der Waals surface area contributed by atoms with Gasteiger partial charge < -0.3 is 15.2 Å². The van der Waals surface area contributed by atoms with Crippen molar-refractivity contribution in [2.75, 3.05) is 25.7 Å². The third-order valence-corrected chi connectivity index (χ3v) is 3.17. The van der Waals surface area contributed by atoms with Gasteiger partial charge in [0.1, 0.15) is 9.84 Å². The summed E-state index contributed by atoms with van der Waals surface area (Å²) in [5.74, 6) is 0.659. The molecule has 7 heteroatoms. The van der Waals surface area contributed by atoms with Crippen LogP contribution >= 0.6 is 0 Å². The van der Waals surface area contributed by atoms with Gasteiger partial charge in [-0.25, -0.2) is 13.4 Å². The third-order valence-electron chi connectivity index (χ3n) is 2.21. The quantitative estimate of drug-likeness (QED) is 0.813. The van der Waals surface area contributed by atoms with E-state index in [0.717, 1.165) is 6.26 Å². The fourth-order valence-corrected chi connectivity index (χ4v) is 2.28. The van der Waals surface area contributed by atoms with Crippen molar-refractivity contribution in [3.8, 4) is 11.6 Å². The van der Waals surface area contributed by atoms with Crippen LogP contribution in [0.3, 0.4) is 0 Å². The molecular formula is C11H18N2O4S. The predicted octanol–water partition coefficient (Wildman–Crippen LogP) is 0.533. The lowest BCUT2D eigenvalue weighted by Crippen LogP contribution is -2.22. The second kappa shape index (κ2) is 6.01. The number of ether oxygens (including phenoxy) is 2. The molecule has 6 nitrogen and oxygen atoms in total. The lowest BCUT2D eigenvalue weighted by Gasteiger charge is -2.13. The van der Waals surface area contributed by atoms with Crippen LogP contribution in [-0.2, 0) is 9.84 Å². The lowest BCUT2D eigenvalue weighted by atomic mass is 10.2. The highest BCUT2D eigenvalue weighted by molar-refractivity contribution is 7.90. The van der Waals surface area contributed by atoms with Crippen molar-refractivity contribution in [3.05, 3.63) is 17.8 Å². The predicted molar refractivity (Wildman–Crippen MR) is 68.6 cm³/mol. The van der Waals surface area contributed by atoms with Crippen LogP contribution in [-0.4, -0.2) is 39.1 Å². The zero-order chi connectivity index (χ0) is 13.8. The summed E-state index contributed by atoms with van der Waals surface area (Å²) < 4.78 is 32.8. The molecule has 0 saturated carbocycles. The molecular weight excluding hydrogens is 256 g/mol. The molecule has 2 N–H and O–H groups in total. The van der Waals surface area contributed by atoms with Gasteiger partial charge in [0.05, 0.1) is 31.2 Å². The Morgan fingerprint density at radius 1 is 1.44 bits per heavy atom. The number of methoxy groups -OCH3 is 1. The molecule has 0 saturated heterocycles. The number of rotatable bonds is 6. The van der Waals surface area contributed by atoms with Crippen molar-refractivity contribution in [2.45, 2.75) is 13.0 Å². The number of pyridine rings is 1. The summed E-state index contributed by atoms with van der Waals surface area (Å²) in [5.41, 5.74) is 6.26. The first-order valence-corrected chi connectivity index (χ1v) is 7.54. The van der Waals surface area contributed by atoms with Crippen LogP contribution < -0.4 is 15.2 Å². The molecule has 1 aromatic rings. The van der Waals surface area contributed by atoms with Gasteiger partial charge in [-0.05, 0) is 19.1 Å². The van der Waals surface area contributed by atoms with E-state index in [-0.39, 0.29) is 5.75 Å². The van der Waals surface area contributed by atoms with Gasteiger partial charge in [0.2, 0.25) is 0 Å². The van der Waals surface area contributed by atoms with E-state index < -0.39 is 15.9 Å². The fourth-order valence-electron chi connectivity index (χ4n) is 1.46. The second-order valence-corrected chi connectivity index (χ2v) is 6.06. The summed E-state index contributed by atoms with van der Waals surface area (Å²) in [6.45, 7) is 2.26. The molecule has 0 fully saturated rings. The Bertz CT molecular complexity index is 502. The van der Waals surface area contributed by atoms with Crippen LogP contribution in [0, 0.1) is 0 Å². The largest absolute Gasteiger partial charge is 0.491 e. The average molecular weight is 274 g/mol. The number of sulfone groups is 1. The summed E-state index contributed by atoms with van der Waals surface area (Å²) in [5, 5.41) is 0. The number of nitrogens with two attached hydrogens (primary N) is 1. The molecule has 0 spiro atoms. The maximum atomic E-state index is 11.2. The SMILES string of the molecule is CCOc1nc([C@@H](N)CS(C)(=O)=O)ccc1OC. The van der Waals surface area contributed by atoms with Gasteiger partial charge >= 0.3 is 0 Å². The highest BCUT2D eigenvalue weighted by atomic mass is 32.2. The zero-order valence-corrected chi connectivity index (χ0v) is 11.5. The molecule has 0 unspecified atom stereocenters. The monoisotopic (exact) mass is 274 g/mol.